The van der Waals surface area contributed by atoms with Crippen molar-refractivity contribution in [1.82, 2.24) is 0 Å². The van der Waals surface area contributed by atoms with E-state index in [-0.39, 0.29) is 0 Å². The van der Waals surface area contributed by atoms with E-state index >= 15 is 0 Å². The summed E-state index contributed by atoms with van der Waals surface area (Å²) in [5.41, 5.74) is 16.5. The summed E-state index contributed by atoms with van der Waals surface area (Å²) in [6.45, 7) is 6.70. The van der Waals surface area contributed by atoms with Crippen LogP contribution >= 0.6 is 0 Å². The first kappa shape index (κ1) is 30.8. The van der Waals surface area contributed by atoms with Gasteiger partial charge in [-0.15, -0.1) is 0 Å². The first-order chi connectivity index (χ1) is 25.0. The molecule has 0 aromatic heterocycles. The van der Waals surface area contributed by atoms with E-state index < -0.39 is 0 Å². The van der Waals surface area contributed by atoms with Crippen LogP contribution < -0.4 is 0 Å². The fraction of sp³-hybridized carbons (Fsp3) is 0.0588. The van der Waals surface area contributed by atoms with Gasteiger partial charge in [-0.25, -0.2) is 0 Å². The second kappa shape index (κ2) is 12.6. The third-order valence-corrected chi connectivity index (χ3v) is 10.5. The maximum atomic E-state index is 2.38. The second-order valence-electron chi connectivity index (χ2n) is 13.9. The molecule has 0 atom stereocenters. The van der Waals surface area contributed by atoms with Gasteiger partial charge >= 0.3 is 0 Å². The topological polar surface area (TPSA) is 0 Å². The Morgan fingerprint density at radius 1 is 0.275 bits per heavy atom. The summed E-state index contributed by atoms with van der Waals surface area (Å²) in [6, 6.07) is 64.8. The van der Waals surface area contributed by atoms with E-state index in [0.29, 0.717) is 0 Å². The van der Waals surface area contributed by atoms with Gasteiger partial charge in [0.05, 0.1) is 0 Å². The molecule has 9 aromatic rings. The van der Waals surface area contributed by atoms with E-state index in [0.717, 1.165) is 0 Å². The molecule has 0 aliphatic carbocycles. The average molecular weight is 651 g/mol. The van der Waals surface area contributed by atoms with E-state index in [1.807, 2.05) is 0 Å². The minimum atomic E-state index is 1.22. The molecule has 9 aromatic carbocycles. The van der Waals surface area contributed by atoms with Crippen LogP contribution in [0, 0.1) is 20.8 Å². The van der Waals surface area contributed by atoms with Crippen molar-refractivity contribution in [2.75, 3.05) is 0 Å². The molecule has 0 fully saturated rings. The Bertz CT molecular complexity index is 2670. The van der Waals surface area contributed by atoms with Gasteiger partial charge in [-0.2, -0.15) is 0 Å². The molecule has 242 valence electrons. The maximum Gasteiger partial charge on any atom is -0.00210 e. The Balaban J connectivity index is 1.22. The van der Waals surface area contributed by atoms with Gasteiger partial charge < -0.3 is 0 Å². The summed E-state index contributed by atoms with van der Waals surface area (Å²) >= 11 is 0. The molecule has 9 rings (SSSR count). The summed E-state index contributed by atoms with van der Waals surface area (Å²) in [4.78, 5) is 0. The summed E-state index contributed by atoms with van der Waals surface area (Å²) in [6.07, 6.45) is 0. The average Bonchev–Trinajstić information content (AvgIpc) is 3.17. The van der Waals surface area contributed by atoms with Crippen molar-refractivity contribution in [3.8, 4) is 55.6 Å². The van der Waals surface area contributed by atoms with E-state index in [2.05, 4.69) is 197 Å². The molecule has 0 saturated carbocycles. The molecule has 0 aliphatic rings. The van der Waals surface area contributed by atoms with Crippen LogP contribution in [0.2, 0.25) is 0 Å². The number of aryl methyl sites for hydroxylation is 3. The van der Waals surface area contributed by atoms with Crippen molar-refractivity contribution in [2.45, 2.75) is 20.8 Å². The van der Waals surface area contributed by atoms with Crippen molar-refractivity contribution >= 4 is 32.3 Å². The van der Waals surface area contributed by atoms with Crippen LogP contribution in [-0.4, -0.2) is 0 Å². The van der Waals surface area contributed by atoms with Gasteiger partial charge in [0.15, 0.2) is 0 Å². The minimum absolute atomic E-state index is 1.22. The molecule has 0 heteroatoms. The molecule has 51 heavy (non-hydrogen) atoms. The Morgan fingerprint density at radius 2 is 0.745 bits per heavy atom. The van der Waals surface area contributed by atoms with Crippen molar-refractivity contribution < 1.29 is 0 Å². The predicted molar refractivity (Wildman–Crippen MR) is 220 cm³/mol. The number of rotatable bonds is 5. The van der Waals surface area contributed by atoms with Gasteiger partial charge in [-0.1, -0.05) is 163 Å². The quantitative estimate of drug-likeness (QED) is 0.163. The SMILES string of the molecule is Cc1cc(C)c(-c2c3ccccc3c(-c3ccc4cc(-c5cc(-c6ccccc6)ccc5-c5ccccc5)ccc4c3)c3ccccc23)c(C)c1. The number of hydrogen-bond donors (Lipinski definition) is 0. The first-order valence-electron chi connectivity index (χ1n) is 17.8. The lowest BCUT2D eigenvalue weighted by molar-refractivity contribution is 1.33. The largest absolute Gasteiger partial charge is 0.0622 e. The van der Waals surface area contributed by atoms with E-state index in [4.69, 9.17) is 0 Å². The Hall–Kier alpha value is -6.24. The molecule has 0 unspecified atom stereocenters. The number of hydrogen-bond acceptors (Lipinski definition) is 0. The Labute approximate surface area is 300 Å². The number of fused-ring (bicyclic) bond motifs is 3. The first-order valence-corrected chi connectivity index (χ1v) is 17.8. The van der Waals surface area contributed by atoms with E-state index in [1.54, 1.807) is 0 Å². The highest BCUT2D eigenvalue weighted by atomic mass is 14.2. The fourth-order valence-corrected chi connectivity index (χ4v) is 8.31. The van der Waals surface area contributed by atoms with Crippen LogP contribution in [0.1, 0.15) is 16.7 Å². The molecule has 0 spiro atoms. The molecule has 0 nitrogen and oxygen atoms in total. The van der Waals surface area contributed by atoms with Crippen molar-refractivity contribution in [3.05, 3.63) is 193 Å². The molecule has 0 radical (unpaired) electrons. The van der Waals surface area contributed by atoms with Gasteiger partial charge in [0.2, 0.25) is 0 Å². The summed E-state index contributed by atoms with van der Waals surface area (Å²) in [5, 5.41) is 7.63. The molecular formula is C51H38. The normalized spacial score (nSPS) is 11.4. The Kier molecular flexibility index (Phi) is 7.59. The summed E-state index contributed by atoms with van der Waals surface area (Å²) in [5.74, 6) is 0. The van der Waals surface area contributed by atoms with Crippen molar-refractivity contribution in [3.63, 3.8) is 0 Å². The van der Waals surface area contributed by atoms with Crippen molar-refractivity contribution in [2.24, 2.45) is 0 Å². The van der Waals surface area contributed by atoms with Crippen LogP contribution in [0.15, 0.2) is 176 Å². The highest BCUT2D eigenvalue weighted by Gasteiger charge is 2.19. The molecule has 0 N–H and O–H groups in total. The van der Waals surface area contributed by atoms with Crippen LogP contribution in [0.3, 0.4) is 0 Å². The predicted octanol–water partition coefficient (Wildman–Crippen LogP) is 14.4. The third-order valence-electron chi connectivity index (χ3n) is 10.5. The zero-order chi connectivity index (χ0) is 34.5. The molecule has 0 amide bonds. The standard InChI is InChI=1S/C51H38/c1-33-28-34(2)49(35(3)29-33)51-46-20-12-10-18-44(46)50(45-19-11-13-21-47(45)51)42-25-23-38-30-41(24-22-39(38)31-42)48-32-40(36-14-6-4-7-15-36)26-27-43(48)37-16-8-5-9-17-37/h4-32H,1-3H3. The highest BCUT2D eigenvalue weighted by Crippen LogP contribution is 2.46. The molecular weight excluding hydrogens is 613 g/mol. The van der Waals surface area contributed by atoms with E-state index in [9.17, 15) is 0 Å². The molecule has 0 aliphatic heterocycles. The van der Waals surface area contributed by atoms with Gasteiger partial charge in [0.25, 0.3) is 0 Å². The lowest BCUT2D eigenvalue weighted by Crippen LogP contribution is -1.95. The van der Waals surface area contributed by atoms with Gasteiger partial charge in [0.1, 0.15) is 0 Å². The van der Waals surface area contributed by atoms with Gasteiger partial charge in [-0.05, 0) is 138 Å². The lowest BCUT2D eigenvalue weighted by Gasteiger charge is -2.20. The van der Waals surface area contributed by atoms with Crippen LogP contribution in [0.25, 0.3) is 88.0 Å². The zero-order valence-electron chi connectivity index (χ0n) is 29.2. The monoisotopic (exact) mass is 650 g/mol. The van der Waals surface area contributed by atoms with Crippen LogP contribution in [-0.2, 0) is 0 Å². The van der Waals surface area contributed by atoms with Crippen LogP contribution in [0.5, 0.6) is 0 Å². The summed E-state index contributed by atoms with van der Waals surface area (Å²) < 4.78 is 0. The summed E-state index contributed by atoms with van der Waals surface area (Å²) in [7, 11) is 0. The van der Waals surface area contributed by atoms with Crippen LogP contribution in [0.4, 0.5) is 0 Å². The Morgan fingerprint density at radius 3 is 1.33 bits per heavy atom. The van der Waals surface area contributed by atoms with Gasteiger partial charge in [-0.3, -0.25) is 0 Å². The third kappa shape index (κ3) is 5.41. The lowest BCUT2D eigenvalue weighted by atomic mass is 9.83. The maximum absolute atomic E-state index is 2.38. The molecule has 0 saturated heterocycles. The smallest absolute Gasteiger partial charge is 0.00210 e. The van der Waals surface area contributed by atoms with E-state index in [1.165, 1.54) is 105 Å². The minimum Gasteiger partial charge on any atom is -0.0622 e. The molecule has 0 heterocycles. The zero-order valence-corrected chi connectivity index (χ0v) is 29.2. The van der Waals surface area contributed by atoms with Crippen molar-refractivity contribution in [1.29, 1.82) is 0 Å². The van der Waals surface area contributed by atoms with Gasteiger partial charge in [0, 0.05) is 0 Å². The fourth-order valence-electron chi connectivity index (χ4n) is 8.31. The molecule has 0 bridgehead atoms. The second-order valence-corrected chi connectivity index (χ2v) is 13.9. The highest BCUT2D eigenvalue weighted by molar-refractivity contribution is 6.22. The number of benzene rings is 9.